The van der Waals surface area contributed by atoms with Crippen LogP contribution in [0.1, 0.15) is 26.6 Å². The molecule has 0 aliphatic carbocycles. The lowest BCUT2D eigenvalue weighted by molar-refractivity contribution is 0.0240. The van der Waals surface area contributed by atoms with Crippen LogP contribution in [0.5, 0.6) is 0 Å². The first-order chi connectivity index (χ1) is 14.7. The van der Waals surface area contributed by atoms with Gasteiger partial charge in [-0.3, -0.25) is 0 Å². The molecule has 0 radical (unpaired) electrons. The number of carbonyl (C=O) groups is 1. The van der Waals surface area contributed by atoms with Crippen molar-refractivity contribution in [3.8, 4) is 11.3 Å². The molecule has 3 heterocycles. The molecule has 162 valence electrons. The van der Waals surface area contributed by atoms with Gasteiger partial charge in [-0.05, 0) is 52.0 Å². The van der Waals surface area contributed by atoms with Crippen molar-refractivity contribution in [3.05, 3.63) is 52.8 Å². The highest BCUT2D eigenvalue weighted by atomic mass is 16.6. The number of anilines is 1. The van der Waals surface area contributed by atoms with Gasteiger partial charge < -0.3 is 19.0 Å². The number of nitrogens with zero attached hydrogens (tertiary/aromatic N) is 4. The Morgan fingerprint density at radius 1 is 1.10 bits per heavy atom. The summed E-state index contributed by atoms with van der Waals surface area (Å²) < 4.78 is 11.1. The van der Waals surface area contributed by atoms with E-state index in [-0.39, 0.29) is 6.09 Å². The number of aryl methyl sites for hydroxylation is 1. The summed E-state index contributed by atoms with van der Waals surface area (Å²) in [7, 11) is 0. The monoisotopic (exact) mass is 422 g/mol. The lowest BCUT2D eigenvalue weighted by Crippen LogP contribution is -2.50. The molecule has 2 aromatic heterocycles. The maximum atomic E-state index is 12.6. The van der Waals surface area contributed by atoms with Gasteiger partial charge in [-0.1, -0.05) is 0 Å². The fourth-order valence-corrected chi connectivity index (χ4v) is 3.56. The normalized spacial score (nSPS) is 14.7. The van der Waals surface area contributed by atoms with E-state index < -0.39 is 11.2 Å². The number of benzene rings is 1. The minimum atomic E-state index is -0.507. The summed E-state index contributed by atoms with van der Waals surface area (Å²) in [4.78, 5) is 37.1. The van der Waals surface area contributed by atoms with Gasteiger partial charge in [-0.25, -0.2) is 19.6 Å². The second-order valence-corrected chi connectivity index (χ2v) is 8.61. The summed E-state index contributed by atoms with van der Waals surface area (Å²) in [6.45, 7) is 9.86. The molecule has 1 fully saturated rings. The van der Waals surface area contributed by atoms with Crippen LogP contribution < -0.4 is 10.5 Å². The Labute approximate surface area is 180 Å². The smallest absolute Gasteiger partial charge is 0.410 e. The number of fused-ring (bicyclic) bond motifs is 1. The summed E-state index contributed by atoms with van der Waals surface area (Å²) in [5.74, 6) is 0.595. The molecule has 31 heavy (non-hydrogen) atoms. The SMILES string of the molecule is Cc1nccc(-c2cc3ccc(N4CCN(C(=O)OC(C)(C)C)CC4)cc3oc2=O)n1. The zero-order chi connectivity index (χ0) is 22.2. The predicted molar refractivity (Wildman–Crippen MR) is 118 cm³/mol. The molecule has 0 spiro atoms. The van der Waals surface area contributed by atoms with E-state index in [4.69, 9.17) is 9.15 Å². The maximum Gasteiger partial charge on any atom is 0.410 e. The van der Waals surface area contributed by atoms with Crippen LogP contribution in [-0.4, -0.2) is 52.7 Å². The van der Waals surface area contributed by atoms with Gasteiger partial charge in [0.05, 0.1) is 11.3 Å². The van der Waals surface area contributed by atoms with Gasteiger partial charge in [0.15, 0.2) is 0 Å². The molecule has 8 heteroatoms. The average molecular weight is 422 g/mol. The average Bonchev–Trinajstić information content (AvgIpc) is 2.72. The second-order valence-electron chi connectivity index (χ2n) is 8.61. The fourth-order valence-electron chi connectivity index (χ4n) is 3.56. The molecule has 0 saturated carbocycles. The Morgan fingerprint density at radius 2 is 1.84 bits per heavy atom. The van der Waals surface area contributed by atoms with Crippen molar-refractivity contribution < 1.29 is 13.9 Å². The van der Waals surface area contributed by atoms with Crippen LogP contribution in [0.4, 0.5) is 10.5 Å². The maximum absolute atomic E-state index is 12.6. The van der Waals surface area contributed by atoms with Crippen molar-refractivity contribution >= 4 is 22.7 Å². The number of hydrogen-bond acceptors (Lipinski definition) is 7. The quantitative estimate of drug-likeness (QED) is 0.583. The molecule has 1 aliphatic rings. The Hall–Kier alpha value is -3.42. The topological polar surface area (TPSA) is 88.8 Å². The van der Waals surface area contributed by atoms with Gasteiger partial charge in [0.2, 0.25) is 0 Å². The molecule has 0 atom stereocenters. The number of rotatable bonds is 2. The first-order valence-electron chi connectivity index (χ1n) is 10.3. The molecule has 1 aliphatic heterocycles. The molecule has 1 aromatic carbocycles. The van der Waals surface area contributed by atoms with Crippen molar-refractivity contribution in [1.82, 2.24) is 14.9 Å². The van der Waals surface area contributed by atoms with E-state index in [2.05, 4.69) is 14.9 Å². The fraction of sp³-hybridized carbons (Fsp3) is 0.391. The second kappa shape index (κ2) is 8.02. The molecule has 1 amide bonds. The lowest BCUT2D eigenvalue weighted by atomic mass is 10.1. The molecule has 4 rings (SSSR count). The molecule has 1 saturated heterocycles. The van der Waals surface area contributed by atoms with Crippen molar-refractivity contribution in [1.29, 1.82) is 0 Å². The number of piperazine rings is 1. The minimum Gasteiger partial charge on any atom is -0.444 e. The third kappa shape index (κ3) is 4.68. The molecular formula is C23H26N4O4. The van der Waals surface area contributed by atoms with E-state index in [1.54, 1.807) is 30.2 Å². The number of aromatic nitrogens is 2. The molecule has 0 N–H and O–H groups in total. The van der Waals surface area contributed by atoms with E-state index in [0.29, 0.717) is 48.8 Å². The van der Waals surface area contributed by atoms with Crippen LogP contribution in [0, 0.1) is 6.92 Å². The third-order valence-corrected chi connectivity index (χ3v) is 5.07. The van der Waals surface area contributed by atoms with Gasteiger partial charge in [0, 0.05) is 49.5 Å². The number of hydrogen-bond donors (Lipinski definition) is 0. The van der Waals surface area contributed by atoms with Crippen LogP contribution in [0.2, 0.25) is 0 Å². The number of carbonyl (C=O) groups excluding carboxylic acids is 1. The Kier molecular flexibility index (Phi) is 5.39. The highest BCUT2D eigenvalue weighted by molar-refractivity contribution is 5.84. The van der Waals surface area contributed by atoms with Crippen LogP contribution in [0.15, 0.2) is 45.7 Å². The van der Waals surface area contributed by atoms with Crippen molar-refractivity contribution in [2.75, 3.05) is 31.1 Å². The summed E-state index contributed by atoms with van der Waals surface area (Å²) >= 11 is 0. The lowest BCUT2D eigenvalue weighted by Gasteiger charge is -2.36. The van der Waals surface area contributed by atoms with E-state index in [9.17, 15) is 9.59 Å². The zero-order valence-electron chi connectivity index (χ0n) is 18.2. The van der Waals surface area contributed by atoms with Crippen LogP contribution in [0.25, 0.3) is 22.2 Å². The summed E-state index contributed by atoms with van der Waals surface area (Å²) in [6, 6.07) is 9.30. The first kappa shape index (κ1) is 20.8. The van der Waals surface area contributed by atoms with Crippen molar-refractivity contribution in [2.24, 2.45) is 0 Å². The largest absolute Gasteiger partial charge is 0.444 e. The van der Waals surface area contributed by atoms with E-state index >= 15 is 0 Å². The third-order valence-electron chi connectivity index (χ3n) is 5.07. The van der Waals surface area contributed by atoms with Crippen LogP contribution >= 0.6 is 0 Å². The van der Waals surface area contributed by atoms with E-state index in [0.717, 1.165) is 11.1 Å². The molecule has 0 unspecified atom stereocenters. The van der Waals surface area contributed by atoms with Crippen LogP contribution in [0.3, 0.4) is 0 Å². The van der Waals surface area contributed by atoms with Gasteiger partial charge >= 0.3 is 11.7 Å². The van der Waals surface area contributed by atoms with E-state index in [1.807, 2.05) is 39.0 Å². The van der Waals surface area contributed by atoms with E-state index in [1.165, 1.54) is 0 Å². The molecule has 0 bridgehead atoms. The van der Waals surface area contributed by atoms with Crippen LogP contribution in [-0.2, 0) is 4.74 Å². The van der Waals surface area contributed by atoms with Gasteiger partial charge in [0.25, 0.3) is 0 Å². The number of amides is 1. The van der Waals surface area contributed by atoms with Crippen molar-refractivity contribution in [3.63, 3.8) is 0 Å². The van der Waals surface area contributed by atoms with Gasteiger partial charge in [-0.2, -0.15) is 0 Å². The first-order valence-corrected chi connectivity index (χ1v) is 10.3. The summed E-state index contributed by atoms with van der Waals surface area (Å²) in [6.07, 6.45) is 1.34. The molecular weight excluding hydrogens is 396 g/mol. The summed E-state index contributed by atoms with van der Waals surface area (Å²) in [5, 5.41) is 0.821. The Balaban J connectivity index is 1.52. The predicted octanol–water partition coefficient (Wildman–Crippen LogP) is 3.62. The minimum absolute atomic E-state index is 0.288. The summed E-state index contributed by atoms with van der Waals surface area (Å²) in [5.41, 5.74) is 1.49. The standard InChI is InChI=1S/C23H26N4O4/c1-15-24-8-7-19(25-15)18-13-16-5-6-17(14-20(16)30-21(18)28)26-9-11-27(12-10-26)22(29)31-23(2,3)4/h5-8,13-14H,9-12H2,1-4H3. The highest BCUT2D eigenvalue weighted by Crippen LogP contribution is 2.25. The molecule has 3 aromatic rings. The number of ether oxygens (including phenoxy) is 1. The molecule has 8 nitrogen and oxygen atoms in total. The highest BCUT2D eigenvalue weighted by Gasteiger charge is 2.26. The Morgan fingerprint density at radius 3 is 2.52 bits per heavy atom. The van der Waals surface area contributed by atoms with Gasteiger partial charge in [-0.15, -0.1) is 0 Å². The van der Waals surface area contributed by atoms with Crippen molar-refractivity contribution in [2.45, 2.75) is 33.3 Å². The zero-order valence-corrected chi connectivity index (χ0v) is 18.2. The Bertz CT molecular complexity index is 1170. The van der Waals surface area contributed by atoms with Gasteiger partial charge in [0.1, 0.15) is 17.0 Å².